The van der Waals surface area contributed by atoms with Crippen LogP contribution in [-0.4, -0.2) is 27.0 Å². The predicted octanol–water partition coefficient (Wildman–Crippen LogP) is 3.43. The Morgan fingerprint density at radius 1 is 0.909 bits per heavy atom. The Bertz CT molecular complexity index is 755. The van der Waals surface area contributed by atoms with Crippen molar-refractivity contribution in [2.75, 3.05) is 0 Å². The summed E-state index contributed by atoms with van der Waals surface area (Å²) in [6, 6.07) is 12.9. The molecule has 3 aromatic rings. The Labute approximate surface area is 122 Å². The van der Waals surface area contributed by atoms with E-state index in [-0.39, 0.29) is 5.75 Å². The van der Waals surface area contributed by atoms with Crippen LogP contribution in [0, 0.1) is 0 Å². The van der Waals surface area contributed by atoms with Crippen LogP contribution < -0.4 is 4.74 Å². The fourth-order valence-corrected chi connectivity index (χ4v) is 1.97. The summed E-state index contributed by atoms with van der Waals surface area (Å²) in [7, 11) is 0. The van der Waals surface area contributed by atoms with Crippen molar-refractivity contribution in [3.63, 3.8) is 0 Å². The summed E-state index contributed by atoms with van der Waals surface area (Å²) >= 11 is 0. The molecule has 1 aromatic heterocycles. The van der Waals surface area contributed by atoms with Crippen LogP contribution >= 0.6 is 0 Å². The van der Waals surface area contributed by atoms with Gasteiger partial charge in [-0.25, -0.2) is 0 Å². The zero-order valence-electron chi connectivity index (χ0n) is 11.0. The lowest BCUT2D eigenvalue weighted by Crippen LogP contribution is -2.16. The molecule has 0 aliphatic heterocycles. The Hall–Kier alpha value is -2.90. The van der Waals surface area contributed by atoms with Crippen LogP contribution in [0.2, 0.25) is 0 Å². The van der Waals surface area contributed by atoms with Gasteiger partial charge in [0.05, 0.1) is 0 Å². The van der Waals surface area contributed by atoms with Crippen LogP contribution in [-0.2, 0) is 0 Å². The summed E-state index contributed by atoms with van der Waals surface area (Å²) in [5.74, 6) is 0.185. The maximum atomic E-state index is 12.1. The number of tetrazole rings is 1. The second kappa shape index (κ2) is 5.47. The van der Waals surface area contributed by atoms with Crippen LogP contribution in [0.5, 0.6) is 5.75 Å². The molecule has 0 saturated heterocycles. The number of ether oxygens (including phenoxy) is 1. The second-order valence-corrected chi connectivity index (χ2v) is 4.39. The summed E-state index contributed by atoms with van der Waals surface area (Å²) in [5.41, 5.74) is 2.32. The van der Waals surface area contributed by atoms with E-state index >= 15 is 0 Å². The van der Waals surface area contributed by atoms with E-state index in [0.717, 1.165) is 16.7 Å². The van der Waals surface area contributed by atoms with E-state index in [1.165, 1.54) is 12.1 Å². The minimum absolute atomic E-state index is 0.259. The molecular weight excluding hydrogens is 297 g/mol. The standard InChI is InChI=1S/C14H9F3N4O/c15-14(16,17)22-12-6-4-9(5-7-12)10-2-1-3-11(8-10)13-18-20-21-19-13/h1-8H,(H,18,19,20,21). The summed E-state index contributed by atoms with van der Waals surface area (Å²) in [5, 5.41) is 13.6. The first kappa shape index (κ1) is 14.1. The van der Waals surface area contributed by atoms with Crippen LogP contribution in [0.1, 0.15) is 0 Å². The molecule has 1 N–H and O–H groups in total. The van der Waals surface area contributed by atoms with E-state index in [1.54, 1.807) is 18.2 Å². The van der Waals surface area contributed by atoms with Crippen molar-refractivity contribution in [3.8, 4) is 28.3 Å². The number of H-pyrrole nitrogens is 1. The van der Waals surface area contributed by atoms with Crippen molar-refractivity contribution < 1.29 is 17.9 Å². The SMILES string of the molecule is FC(F)(F)Oc1ccc(-c2cccc(-c3nn[nH]n3)c2)cc1. The van der Waals surface area contributed by atoms with Crippen LogP contribution in [0.15, 0.2) is 48.5 Å². The normalized spacial score (nSPS) is 11.4. The average molecular weight is 306 g/mol. The van der Waals surface area contributed by atoms with Crippen LogP contribution in [0.3, 0.4) is 0 Å². The van der Waals surface area contributed by atoms with Gasteiger partial charge in [0.25, 0.3) is 0 Å². The molecule has 3 rings (SSSR count). The largest absolute Gasteiger partial charge is 0.573 e. The molecule has 0 saturated carbocycles. The minimum Gasteiger partial charge on any atom is -0.406 e. The number of rotatable bonds is 3. The van der Waals surface area contributed by atoms with Gasteiger partial charge in [-0.15, -0.1) is 23.4 Å². The van der Waals surface area contributed by atoms with Crippen LogP contribution in [0.25, 0.3) is 22.5 Å². The maximum absolute atomic E-state index is 12.1. The summed E-state index contributed by atoms with van der Waals surface area (Å²) < 4.78 is 40.2. The molecule has 112 valence electrons. The van der Waals surface area contributed by atoms with E-state index in [2.05, 4.69) is 25.4 Å². The first-order chi connectivity index (χ1) is 10.5. The minimum atomic E-state index is -4.69. The third kappa shape index (κ3) is 3.22. The number of nitrogens with one attached hydrogen (secondary N) is 1. The third-order valence-electron chi connectivity index (χ3n) is 2.89. The van der Waals surface area contributed by atoms with Gasteiger partial charge in [0, 0.05) is 5.56 Å². The molecule has 0 aliphatic carbocycles. The zero-order chi connectivity index (χ0) is 15.6. The molecule has 22 heavy (non-hydrogen) atoms. The highest BCUT2D eigenvalue weighted by Crippen LogP contribution is 2.28. The summed E-state index contributed by atoms with van der Waals surface area (Å²) in [4.78, 5) is 0. The van der Waals surface area contributed by atoms with Gasteiger partial charge < -0.3 is 4.74 Å². The monoisotopic (exact) mass is 306 g/mol. The highest BCUT2D eigenvalue weighted by atomic mass is 19.4. The number of aromatic amines is 1. The van der Waals surface area contributed by atoms with Crippen molar-refractivity contribution in [2.45, 2.75) is 6.36 Å². The van der Waals surface area contributed by atoms with E-state index in [9.17, 15) is 13.2 Å². The van der Waals surface area contributed by atoms with Crippen molar-refractivity contribution in [2.24, 2.45) is 0 Å². The number of hydrogen-bond donors (Lipinski definition) is 1. The van der Waals surface area contributed by atoms with Gasteiger partial charge in [-0.05, 0) is 34.5 Å². The lowest BCUT2D eigenvalue weighted by atomic mass is 10.0. The Morgan fingerprint density at radius 2 is 1.64 bits per heavy atom. The lowest BCUT2D eigenvalue weighted by Gasteiger charge is -2.09. The third-order valence-corrected chi connectivity index (χ3v) is 2.89. The predicted molar refractivity (Wildman–Crippen MR) is 71.7 cm³/mol. The molecule has 0 bridgehead atoms. The Morgan fingerprint density at radius 3 is 2.27 bits per heavy atom. The Kier molecular flexibility index (Phi) is 3.50. The molecular formula is C14H9F3N4O. The molecule has 0 atom stereocenters. The van der Waals surface area contributed by atoms with Gasteiger partial charge in [-0.1, -0.05) is 30.3 Å². The molecule has 0 amide bonds. The van der Waals surface area contributed by atoms with Gasteiger partial charge in [0.15, 0.2) is 0 Å². The maximum Gasteiger partial charge on any atom is 0.573 e. The molecule has 0 fully saturated rings. The van der Waals surface area contributed by atoms with E-state index in [4.69, 9.17) is 0 Å². The van der Waals surface area contributed by atoms with Gasteiger partial charge in [0.2, 0.25) is 5.82 Å². The Balaban J connectivity index is 1.87. The summed E-state index contributed by atoms with van der Waals surface area (Å²) in [6.45, 7) is 0. The quantitative estimate of drug-likeness (QED) is 0.805. The van der Waals surface area contributed by atoms with Gasteiger partial charge >= 0.3 is 6.36 Å². The molecule has 5 nitrogen and oxygen atoms in total. The smallest absolute Gasteiger partial charge is 0.406 e. The van der Waals surface area contributed by atoms with Crippen molar-refractivity contribution in [1.82, 2.24) is 20.6 Å². The molecule has 0 unspecified atom stereocenters. The molecule has 1 heterocycles. The van der Waals surface area contributed by atoms with E-state index in [0.29, 0.717) is 5.82 Å². The van der Waals surface area contributed by atoms with Crippen molar-refractivity contribution >= 4 is 0 Å². The molecule has 0 spiro atoms. The molecule has 2 aromatic carbocycles. The average Bonchev–Trinajstić information content (AvgIpc) is 3.01. The molecule has 0 radical (unpaired) electrons. The van der Waals surface area contributed by atoms with Crippen molar-refractivity contribution in [3.05, 3.63) is 48.5 Å². The number of halogens is 3. The van der Waals surface area contributed by atoms with E-state index < -0.39 is 6.36 Å². The zero-order valence-corrected chi connectivity index (χ0v) is 11.0. The van der Waals surface area contributed by atoms with E-state index in [1.807, 2.05) is 18.2 Å². The summed E-state index contributed by atoms with van der Waals surface area (Å²) in [6.07, 6.45) is -4.69. The van der Waals surface area contributed by atoms with Crippen molar-refractivity contribution in [1.29, 1.82) is 0 Å². The van der Waals surface area contributed by atoms with Crippen LogP contribution in [0.4, 0.5) is 13.2 Å². The number of benzene rings is 2. The fraction of sp³-hybridized carbons (Fsp3) is 0.0714. The van der Waals surface area contributed by atoms with Gasteiger partial charge in [0.1, 0.15) is 5.75 Å². The number of aromatic nitrogens is 4. The lowest BCUT2D eigenvalue weighted by molar-refractivity contribution is -0.274. The first-order valence-electron chi connectivity index (χ1n) is 6.21. The highest BCUT2D eigenvalue weighted by molar-refractivity contribution is 5.70. The van der Waals surface area contributed by atoms with Gasteiger partial charge in [-0.2, -0.15) is 5.21 Å². The first-order valence-corrected chi connectivity index (χ1v) is 6.21. The second-order valence-electron chi connectivity index (χ2n) is 4.39. The highest BCUT2D eigenvalue weighted by Gasteiger charge is 2.30. The molecule has 0 aliphatic rings. The molecule has 8 heteroatoms. The fourth-order valence-electron chi connectivity index (χ4n) is 1.97. The number of alkyl halides is 3. The van der Waals surface area contributed by atoms with Gasteiger partial charge in [-0.3, -0.25) is 0 Å². The number of nitrogens with zero attached hydrogens (tertiary/aromatic N) is 3. The topological polar surface area (TPSA) is 63.7 Å². The number of hydrogen-bond acceptors (Lipinski definition) is 4.